The van der Waals surface area contributed by atoms with Crippen LogP contribution >= 0.6 is 22.9 Å². The maximum atomic E-state index is 12.2. The van der Waals surface area contributed by atoms with E-state index < -0.39 is 0 Å². The first kappa shape index (κ1) is 22.4. The number of aromatic nitrogens is 2. The Morgan fingerprint density at radius 2 is 2.03 bits per heavy atom. The first-order valence-electron chi connectivity index (χ1n) is 10.8. The zero-order chi connectivity index (χ0) is 22.3. The molecule has 7 heteroatoms. The number of thiophene rings is 1. The van der Waals surface area contributed by atoms with Crippen LogP contribution in [0.5, 0.6) is 5.75 Å². The number of fused-ring (bicyclic) bond motifs is 1. The number of hydrogen-bond donors (Lipinski definition) is 1. The van der Waals surface area contributed by atoms with Crippen LogP contribution < -0.4 is 10.1 Å². The fraction of sp³-hybridized carbons (Fsp3) is 0.280. The normalized spacial score (nSPS) is 11.1. The molecular formula is C25H26ClN3O2S. The van der Waals surface area contributed by atoms with Gasteiger partial charge in [-0.25, -0.2) is 4.98 Å². The SMILES string of the molecule is Cc1cc(OCCCCn2c(CCNC(=O)c3cccs3)nc3ccccc32)ccc1Cl. The van der Waals surface area contributed by atoms with Crippen molar-refractivity contribution < 1.29 is 9.53 Å². The third-order valence-electron chi connectivity index (χ3n) is 5.29. The van der Waals surface area contributed by atoms with Gasteiger partial charge in [0, 0.05) is 24.5 Å². The zero-order valence-corrected chi connectivity index (χ0v) is 19.6. The number of nitrogens with one attached hydrogen (secondary N) is 1. The predicted molar refractivity (Wildman–Crippen MR) is 131 cm³/mol. The Morgan fingerprint density at radius 1 is 1.16 bits per heavy atom. The van der Waals surface area contributed by atoms with Crippen molar-refractivity contribution in [2.45, 2.75) is 32.7 Å². The van der Waals surface area contributed by atoms with E-state index >= 15 is 0 Å². The Hall–Kier alpha value is -2.83. The number of carbonyl (C=O) groups excluding carboxylic acids is 1. The van der Waals surface area contributed by atoms with Crippen LogP contribution in [0.25, 0.3) is 11.0 Å². The molecule has 1 amide bonds. The van der Waals surface area contributed by atoms with Gasteiger partial charge in [-0.2, -0.15) is 0 Å². The minimum Gasteiger partial charge on any atom is -0.494 e. The minimum absolute atomic E-state index is 0.0303. The van der Waals surface area contributed by atoms with E-state index in [9.17, 15) is 4.79 Å². The van der Waals surface area contributed by atoms with Gasteiger partial charge in [0.15, 0.2) is 0 Å². The highest BCUT2D eigenvalue weighted by Crippen LogP contribution is 2.21. The molecule has 0 aliphatic heterocycles. The van der Waals surface area contributed by atoms with Crippen LogP contribution in [0.1, 0.15) is 33.9 Å². The minimum atomic E-state index is -0.0303. The predicted octanol–water partition coefficient (Wildman–Crippen LogP) is 5.89. The van der Waals surface area contributed by atoms with Crippen LogP contribution in [0.2, 0.25) is 5.02 Å². The summed E-state index contributed by atoms with van der Waals surface area (Å²) in [6.45, 7) is 4.04. The van der Waals surface area contributed by atoms with Gasteiger partial charge in [0.2, 0.25) is 0 Å². The van der Waals surface area contributed by atoms with E-state index in [1.165, 1.54) is 11.3 Å². The number of ether oxygens (including phenoxy) is 1. The summed E-state index contributed by atoms with van der Waals surface area (Å²) in [7, 11) is 0. The van der Waals surface area contributed by atoms with Gasteiger partial charge in [-0.15, -0.1) is 11.3 Å². The third-order valence-corrected chi connectivity index (χ3v) is 6.58. The standard InChI is InChI=1S/C25H26ClN3O2S/c1-18-17-19(10-11-20(18)26)31-15-5-4-14-29-22-8-3-2-7-21(22)28-24(29)12-13-27-25(30)23-9-6-16-32-23/h2-3,6-11,16-17H,4-5,12-15H2,1H3,(H,27,30). The average molecular weight is 468 g/mol. The molecule has 0 unspecified atom stereocenters. The number of unbranched alkanes of at least 4 members (excludes halogenated alkanes) is 1. The van der Waals surface area contributed by atoms with Crippen molar-refractivity contribution in [3.05, 3.63) is 81.3 Å². The van der Waals surface area contributed by atoms with E-state index in [2.05, 4.69) is 16.0 Å². The molecule has 0 saturated heterocycles. The molecule has 0 aliphatic rings. The summed E-state index contributed by atoms with van der Waals surface area (Å²) in [5, 5.41) is 5.66. The van der Waals surface area contributed by atoms with Crippen LogP contribution in [-0.4, -0.2) is 28.6 Å². The number of hydrogen-bond acceptors (Lipinski definition) is 4. The number of para-hydroxylation sites is 2. The van der Waals surface area contributed by atoms with Crippen molar-refractivity contribution in [2.24, 2.45) is 0 Å². The summed E-state index contributed by atoms with van der Waals surface area (Å²) in [6, 6.07) is 17.6. The summed E-state index contributed by atoms with van der Waals surface area (Å²) >= 11 is 7.52. The molecule has 4 aromatic rings. The number of halogens is 1. The number of nitrogens with zero attached hydrogens (tertiary/aromatic N) is 2. The molecule has 0 aliphatic carbocycles. The zero-order valence-electron chi connectivity index (χ0n) is 18.0. The van der Waals surface area contributed by atoms with Gasteiger partial charge in [-0.3, -0.25) is 4.79 Å². The second kappa shape index (κ2) is 10.7. The van der Waals surface area contributed by atoms with Gasteiger partial charge >= 0.3 is 0 Å². The molecule has 0 radical (unpaired) electrons. The number of imidazole rings is 1. The van der Waals surface area contributed by atoms with Crippen LogP contribution in [0.4, 0.5) is 0 Å². The molecule has 4 rings (SSSR count). The van der Waals surface area contributed by atoms with Gasteiger partial charge in [0.05, 0.1) is 22.5 Å². The number of aryl methyl sites for hydroxylation is 2. The second-order valence-corrected chi connectivity index (χ2v) is 8.97. The Morgan fingerprint density at radius 3 is 2.84 bits per heavy atom. The molecule has 0 bridgehead atoms. The van der Waals surface area contributed by atoms with E-state index in [1.54, 1.807) is 0 Å². The Kier molecular flexibility index (Phi) is 7.45. The van der Waals surface area contributed by atoms with Crippen LogP contribution in [0.15, 0.2) is 60.0 Å². The lowest BCUT2D eigenvalue weighted by Crippen LogP contribution is -2.25. The fourth-order valence-corrected chi connectivity index (χ4v) is 4.38. The highest BCUT2D eigenvalue weighted by Gasteiger charge is 2.12. The van der Waals surface area contributed by atoms with Gasteiger partial charge in [0.1, 0.15) is 11.6 Å². The lowest BCUT2D eigenvalue weighted by molar-refractivity contribution is 0.0958. The van der Waals surface area contributed by atoms with E-state index in [-0.39, 0.29) is 5.91 Å². The second-order valence-electron chi connectivity index (χ2n) is 7.62. The highest BCUT2D eigenvalue weighted by atomic mass is 35.5. The average Bonchev–Trinajstić information content (AvgIpc) is 3.44. The molecule has 0 spiro atoms. The smallest absolute Gasteiger partial charge is 0.261 e. The first-order chi connectivity index (χ1) is 15.6. The number of amides is 1. The highest BCUT2D eigenvalue weighted by molar-refractivity contribution is 7.12. The lowest BCUT2D eigenvalue weighted by Gasteiger charge is -2.11. The maximum absolute atomic E-state index is 12.2. The largest absolute Gasteiger partial charge is 0.494 e. The summed E-state index contributed by atoms with van der Waals surface area (Å²) < 4.78 is 8.14. The molecule has 0 fully saturated rings. The monoisotopic (exact) mass is 467 g/mol. The van der Waals surface area contributed by atoms with Crippen molar-refractivity contribution in [3.63, 3.8) is 0 Å². The van der Waals surface area contributed by atoms with Crippen molar-refractivity contribution >= 4 is 39.9 Å². The van der Waals surface area contributed by atoms with Crippen molar-refractivity contribution in [3.8, 4) is 5.75 Å². The molecule has 0 saturated carbocycles. The Bertz CT molecular complexity index is 1190. The first-order valence-corrected chi connectivity index (χ1v) is 12.0. The maximum Gasteiger partial charge on any atom is 0.261 e. The van der Waals surface area contributed by atoms with Crippen LogP contribution in [0.3, 0.4) is 0 Å². The van der Waals surface area contributed by atoms with Crippen molar-refractivity contribution in [1.82, 2.24) is 14.9 Å². The molecular weight excluding hydrogens is 442 g/mol. The topological polar surface area (TPSA) is 56.1 Å². The molecule has 0 atom stereocenters. The molecule has 5 nitrogen and oxygen atoms in total. The molecule has 2 aromatic carbocycles. The molecule has 2 aromatic heterocycles. The van der Waals surface area contributed by atoms with E-state index in [1.807, 2.05) is 60.8 Å². The molecule has 1 N–H and O–H groups in total. The van der Waals surface area contributed by atoms with E-state index in [0.717, 1.165) is 57.5 Å². The third kappa shape index (κ3) is 5.50. The summed E-state index contributed by atoms with van der Waals surface area (Å²) in [5.74, 6) is 1.81. The lowest BCUT2D eigenvalue weighted by atomic mass is 10.2. The van der Waals surface area contributed by atoms with E-state index in [0.29, 0.717) is 19.6 Å². The Labute approximate surface area is 197 Å². The molecule has 2 heterocycles. The molecule has 166 valence electrons. The van der Waals surface area contributed by atoms with Gasteiger partial charge in [-0.1, -0.05) is 29.8 Å². The van der Waals surface area contributed by atoms with E-state index in [4.69, 9.17) is 21.3 Å². The van der Waals surface area contributed by atoms with Crippen LogP contribution in [0, 0.1) is 6.92 Å². The van der Waals surface area contributed by atoms with Crippen molar-refractivity contribution in [2.75, 3.05) is 13.2 Å². The Balaban J connectivity index is 1.32. The summed E-state index contributed by atoms with van der Waals surface area (Å²) in [6.07, 6.45) is 2.59. The number of benzene rings is 2. The fourth-order valence-electron chi connectivity index (χ4n) is 3.62. The van der Waals surface area contributed by atoms with Gasteiger partial charge < -0.3 is 14.6 Å². The summed E-state index contributed by atoms with van der Waals surface area (Å²) in [5.41, 5.74) is 3.13. The van der Waals surface area contributed by atoms with Crippen molar-refractivity contribution in [1.29, 1.82) is 0 Å². The quantitative estimate of drug-likeness (QED) is 0.296. The number of rotatable bonds is 10. The van der Waals surface area contributed by atoms with Gasteiger partial charge in [0.25, 0.3) is 5.91 Å². The molecule has 32 heavy (non-hydrogen) atoms. The van der Waals surface area contributed by atoms with Gasteiger partial charge in [-0.05, 0) is 67.1 Å². The summed E-state index contributed by atoms with van der Waals surface area (Å²) in [4.78, 5) is 17.7. The van der Waals surface area contributed by atoms with Crippen LogP contribution in [-0.2, 0) is 13.0 Å². The number of carbonyl (C=O) groups is 1.